The second-order valence-corrected chi connectivity index (χ2v) is 4.57. The van der Waals surface area contributed by atoms with Gasteiger partial charge in [-0.15, -0.1) is 0 Å². The maximum absolute atomic E-state index is 8.96. The molecule has 0 aliphatic carbocycles. The predicted molar refractivity (Wildman–Crippen MR) is 63.7 cm³/mol. The van der Waals surface area contributed by atoms with Gasteiger partial charge in [0.1, 0.15) is 11.3 Å². The molecule has 1 aliphatic heterocycles. The predicted octanol–water partition coefficient (Wildman–Crippen LogP) is 1.73. The lowest BCUT2D eigenvalue weighted by atomic mass is 9.95. The summed E-state index contributed by atoms with van der Waals surface area (Å²) in [6.07, 6.45) is 6.32. The van der Waals surface area contributed by atoms with E-state index in [-0.39, 0.29) is 6.61 Å². The topological polar surface area (TPSA) is 49.2 Å². The lowest BCUT2D eigenvalue weighted by molar-refractivity contribution is 0.244. The van der Waals surface area contributed by atoms with Crippen molar-refractivity contribution in [3.63, 3.8) is 0 Å². The molecular formula is C11H16ClN3O. The van der Waals surface area contributed by atoms with Gasteiger partial charge in [0.2, 0.25) is 0 Å². The van der Waals surface area contributed by atoms with Crippen LogP contribution in [0.4, 0.5) is 5.82 Å². The zero-order valence-electron chi connectivity index (χ0n) is 9.14. The maximum Gasteiger partial charge on any atom is 0.150 e. The van der Waals surface area contributed by atoms with E-state index in [9.17, 15) is 0 Å². The number of anilines is 1. The van der Waals surface area contributed by atoms with Crippen LogP contribution in [0.1, 0.15) is 19.3 Å². The number of hydrogen-bond acceptors (Lipinski definition) is 4. The first-order valence-corrected chi connectivity index (χ1v) is 6.00. The second-order valence-electron chi connectivity index (χ2n) is 4.16. The Kier molecular flexibility index (Phi) is 3.96. The molecule has 5 heteroatoms. The first-order valence-electron chi connectivity index (χ1n) is 5.62. The second kappa shape index (κ2) is 5.46. The van der Waals surface area contributed by atoms with Crippen LogP contribution in [0.3, 0.4) is 0 Å². The average molecular weight is 242 g/mol. The molecule has 4 nitrogen and oxygen atoms in total. The van der Waals surface area contributed by atoms with E-state index < -0.39 is 0 Å². The Bertz CT molecular complexity index is 346. The molecule has 1 N–H and O–H groups in total. The van der Waals surface area contributed by atoms with Gasteiger partial charge in [-0.25, -0.2) is 9.97 Å². The van der Waals surface area contributed by atoms with Gasteiger partial charge in [-0.1, -0.05) is 11.6 Å². The van der Waals surface area contributed by atoms with Crippen molar-refractivity contribution in [2.75, 3.05) is 24.6 Å². The lowest BCUT2D eigenvalue weighted by Gasteiger charge is -2.33. The summed E-state index contributed by atoms with van der Waals surface area (Å²) in [4.78, 5) is 10.3. The quantitative estimate of drug-likeness (QED) is 0.876. The van der Waals surface area contributed by atoms with Crippen molar-refractivity contribution >= 4 is 17.4 Å². The van der Waals surface area contributed by atoms with Crippen LogP contribution in [0.25, 0.3) is 0 Å². The van der Waals surface area contributed by atoms with Crippen LogP contribution >= 0.6 is 11.6 Å². The van der Waals surface area contributed by atoms with Crippen LogP contribution in [-0.4, -0.2) is 34.8 Å². The summed E-state index contributed by atoms with van der Waals surface area (Å²) in [6, 6.07) is 0. The summed E-state index contributed by atoms with van der Waals surface area (Å²) in [7, 11) is 0. The van der Waals surface area contributed by atoms with Crippen molar-refractivity contribution in [1.82, 2.24) is 9.97 Å². The third-order valence-electron chi connectivity index (χ3n) is 3.00. The van der Waals surface area contributed by atoms with E-state index in [2.05, 4.69) is 14.9 Å². The minimum atomic E-state index is 0.260. The molecule has 2 heterocycles. The highest BCUT2D eigenvalue weighted by Crippen LogP contribution is 2.27. The van der Waals surface area contributed by atoms with Gasteiger partial charge < -0.3 is 10.0 Å². The summed E-state index contributed by atoms with van der Waals surface area (Å²) in [5.74, 6) is 1.36. The zero-order valence-corrected chi connectivity index (χ0v) is 9.90. The first kappa shape index (κ1) is 11.6. The van der Waals surface area contributed by atoms with Crippen molar-refractivity contribution < 1.29 is 5.11 Å². The van der Waals surface area contributed by atoms with E-state index in [0.717, 1.165) is 31.7 Å². The van der Waals surface area contributed by atoms with Gasteiger partial charge >= 0.3 is 0 Å². The van der Waals surface area contributed by atoms with Crippen LogP contribution in [-0.2, 0) is 0 Å². The van der Waals surface area contributed by atoms with Gasteiger partial charge in [0, 0.05) is 19.7 Å². The molecule has 1 unspecified atom stereocenters. The molecule has 88 valence electrons. The zero-order chi connectivity index (χ0) is 11.4. The molecule has 1 atom stereocenters. The van der Waals surface area contributed by atoms with E-state index in [1.165, 1.54) is 12.7 Å². The van der Waals surface area contributed by atoms with Gasteiger partial charge in [0.15, 0.2) is 5.82 Å². The first-order chi connectivity index (χ1) is 7.81. The Balaban J connectivity index is 2.07. The highest BCUT2D eigenvalue weighted by Gasteiger charge is 2.21. The van der Waals surface area contributed by atoms with Crippen molar-refractivity contribution in [2.24, 2.45) is 5.92 Å². The Labute approximate surface area is 100 Å². The fraction of sp³-hybridized carbons (Fsp3) is 0.636. The minimum absolute atomic E-state index is 0.260. The molecular weight excluding hydrogens is 226 g/mol. The van der Waals surface area contributed by atoms with Crippen molar-refractivity contribution in [2.45, 2.75) is 19.3 Å². The van der Waals surface area contributed by atoms with Gasteiger partial charge in [0.25, 0.3) is 0 Å². The number of nitrogens with zero attached hydrogens (tertiary/aromatic N) is 3. The number of aliphatic hydroxyl groups excluding tert-OH is 1. The molecule has 0 radical (unpaired) electrons. The molecule has 0 saturated carbocycles. The van der Waals surface area contributed by atoms with Crippen LogP contribution in [0.5, 0.6) is 0 Å². The number of hydrogen-bond donors (Lipinski definition) is 1. The minimum Gasteiger partial charge on any atom is -0.396 e. The molecule has 0 amide bonds. The van der Waals surface area contributed by atoms with Gasteiger partial charge in [-0.05, 0) is 25.2 Å². The van der Waals surface area contributed by atoms with E-state index in [1.807, 2.05) is 0 Å². The summed E-state index contributed by atoms with van der Waals surface area (Å²) in [5, 5.41) is 9.56. The molecule has 2 rings (SSSR count). The third kappa shape index (κ3) is 2.62. The van der Waals surface area contributed by atoms with Crippen molar-refractivity contribution in [1.29, 1.82) is 0 Å². The number of rotatable bonds is 3. The Morgan fingerprint density at radius 2 is 2.44 bits per heavy atom. The largest absolute Gasteiger partial charge is 0.396 e. The molecule has 1 fully saturated rings. The molecule has 16 heavy (non-hydrogen) atoms. The van der Waals surface area contributed by atoms with E-state index >= 15 is 0 Å². The molecule has 1 saturated heterocycles. The fourth-order valence-corrected chi connectivity index (χ4v) is 2.44. The SMILES string of the molecule is OCCC1CCCN(c2ncncc2Cl)C1. The van der Waals surface area contributed by atoms with Gasteiger partial charge in [0.05, 0.1) is 6.20 Å². The van der Waals surface area contributed by atoms with E-state index in [4.69, 9.17) is 16.7 Å². The molecule has 1 aromatic rings. The van der Waals surface area contributed by atoms with Gasteiger partial charge in [-0.2, -0.15) is 0 Å². The molecule has 0 aromatic carbocycles. The highest BCUT2D eigenvalue weighted by atomic mass is 35.5. The lowest BCUT2D eigenvalue weighted by Crippen LogP contribution is -2.36. The summed E-state index contributed by atoms with van der Waals surface area (Å²) in [6.45, 7) is 2.17. The summed E-state index contributed by atoms with van der Waals surface area (Å²) < 4.78 is 0. The Morgan fingerprint density at radius 3 is 3.19 bits per heavy atom. The van der Waals surface area contributed by atoms with Crippen LogP contribution in [0.2, 0.25) is 5.02 Å². The summed E-state index contributed by atoms with van der Waals surface area (Å²) in [5.41, 5.74) is 0. The van der Waals surface area contributed by atoms with E-state index in [1.54, 1.807) is 6.20 Å². The fourth-order valence-electron chi connectivity index (χ4n) is 2.21. The third-order valence-corrected chi connectivity index (χ3v) is 3.27. The number of halogens is 1. The number of aliphatic hydroxyl groups is 1. The molecule has 1 aliphatic rings. The van der Waals surface area contributed by atoms with Crippen LogP contribution < -0.4 is 4.90 Å². The van der Waals surface area contributed by atoms with Crippen molar-refractivity contribution in [3.8, 4) is 0 Å². The Morgan fingerprint density at radius 1 is 1.56 bits per heavy atom. The maximum atomic E-state index is 8.96. The normalized spacial score (nSPS) is 21.1. The summed E-state index contributed by atoms with van der Waals surface area (Å²) >= 11 is 6.07. The number of aromatic nitrogens is 2. The monoisotopic (exact) mass is 241 g/mol. The number of piperidine rings is 1. The standard InChI is InChI=1S/C11H16ClN3O/c12-10-6-13-8-14-11(10)15-4-1-2-9(7-15)3-5-16/h6,8-9,16H,1-5,7H2. The van der Waals surface area contributed by atoms with Crippen molar-refractivity contribution in [3.05, 3.63) is 17.5 Å². The van der Waals surface area contributed by atoms with Gasteiger partial charge in [-0.3, -0.25) is 0 Å². The molecule has 1 aromatic heterocycles. The molecule has 0 spiro atoms. The molecule has 0 bridgehead atoms. The Hall–Kier alpha value is -0.870. The average Bonchev–Trinajstić information content (AvgIpc) is 2.30. The van der Waals surface area contributed by atoms with Crippen LogP contribution in [0, 0.1) is 5.92 Å². The van der Waals surface area contributed by atoms with Crippen LogP contribution in [0.15, 0.2) is 12.5 Å². The highest BCUT2D eigenvalue weighted by molar-refractivity contribution is 6.32. The smallest absolute Gasteiger partial charge is 0.150 e. The van der Waals surface area contributed by atoms with E-state index in [0.29, 0.717) is 10.9 Å².